The molecule has 0 aliphatic rings. The van der Waals surface area contributed by atoms with Gasteiger partial charge in [-0.3, -0.25) is 10.4 Å². The van der Waals surface area contributed by atoms with E-state index >= 15 is 0 Å². The second kappa shape index (κ2) is 9.20. The lowest BCUT2D eigenvalue weighted by atomic mass is 10.2. The van der Waals surface area contributed by atoms with Gasteiger partial charge in [0.1, 0.15) is 0 Å². The van der Waals surface area contributed by atoms with E-state index in [1.165, 1.54) is 5.69 Å². The Bertz CT molecular complexity index is 389. The van der Waals surface area contributed by atoms with Crippen LogP contribution in [0.1, 0.15) is 20.3 Å². The van der Waals surface area contributed by atoms with Crippen LogP contribution in [0.15, 0.2) is 35.3 Å². The minimum Gasteiger partial charge on any atom is -0.375 e. The van der Waals surface area contributed by atoms with Crippen LogP contribution in [-0.2, 0) is 0 Å². The average molecular weight is 277 g/mol. The van der Waals surface area contributed by atoms with Crippen LogP contribution in [-0.4, -0.2) is 32.6 Å². The number of para-hydroxylation sites is 1. The molecule has 0 fully saturated rings. The molecule has 112 valence electrons. The summed E-state index contributed by atoms with van der Waals surface area (Å²) in [5.41, 5.74) is 3.84. The summed E-state index contributed by atoms with van der Waals surface area (Å²) in [6.07, 6.45) is 1.02. The summed E-state index contributed by atoms with van der Waals surface area (Å²) < 4.78 is 0. The van der Waals surface area contributed by atoms with Crippen molar-refractivity contribution in [2.75, 3.05) is 31.6 Å². The van der Waals surface area contributed by atoms with E-state index in [-0.39, 0.29) is 0 Å². The number of anilines is 1. The zero-order chi connectivity index (χ0) is 14.8. The van der Waals surface area contributed by atoms with E-state index in [4.69, 9.17) is 5.84 Å². The van der Waals surface area contributed by atoms with E-state index in [2.05, 4.69) is 65.8 Å². The molecular formula is C15H27N5. The number of hydrogen-bond acceptors (Lipinski definition) is 3. The Labute approximate surface area is 122 Å². The molecule has 0 heterocycles. The molecule has 1 aromatic rings. The number of nitrogens with one attached hydrogen (secondary N) is 2. The molecular weight excluding hydrogens is 250 g/mol. The number of hydrazine groups is 1. The first kappa shape index (κ1) is 16.3. The third-order valence-corrected chi connectivity index (χ3v) is 2.91. The van der Waals surface area contributed by atoms with Crippen molar-refractivity contribution in [2.24, 2.45) is 16.8 Å². The molecule has 5 nitrogen and oxygen atoms in total. The number of guanidine groups is 1. The third kappa shape index (κ3) is 6.43. The summed E-state index contributed by atoms with van der Waals surface area (Å²) >= 11 is 0. The number of nitrogens with zero attached hydrogens (tertiary/aromatic N) is 2. The maximum Gasteiger partial charge on any atom is 0.205 e. The van der Waals surface area contributed by atoms with Gasteiger partial charge in [0.15, 0.2) is 0 Å². The molecule has 20 heavy (non-hydrogen) atoms. The average Bonchev–Trinajstić information content (AvgIpc) is 2.47. The summed E-state index contributed by atoms with van der Waals surface area (Å²) in [5, 5.41) is 3.22. The molecule has 1 rings (SSSR count). The molecule has 0 saturated heterocycles. The van der Waals surface area contributed by atoms with E-state index in [1.54, 1.807) is 0 Å². The SMILES string of the molecule is CC(C)CN=C(NN)NCCCN(C)c1ccccc1. The van der Waals surface area contributed by atoms with E-state index < -0.39 is 0 Å². The van der Waals surface area contributed by atoms with Crippen LogP contribution in [0.5, 0.6) is 0 Å². The summed E-state index contributed by atoms with van der Waals surface area (Å²) in [6.45, 7) is 6.87. The van der Waals surface area contributed by atoms with Gasteiger partial charge in [-0.15, -0.1) is 0 Å². The number of rotatable bonds is 7. The van der Waals surface area contributed by atoms with Crippen molar-refractivity contribution in [2.45, 2.75) is 20.3 Å². The van der Waals surface area contributed by atoms with Crippen molar-refractivity contribution in [3.63, 3.8) is 0 Å². The van der Waals surface area contributed by atoms with Gasteiger partial charge in [-0.2, -0.15) is 0 Å². The number of hydrogen-bond donors (Lipinski definition) is 3. The van der Waals surface area contributed by atoms with Gasteiger partial charge < -0.3 is 10.2 Å². The van der Waals surface area contributed by atoms with Crippen LogP contribution in [0.4, 0.5) is 5.69 Å². The fourth-order valence-corrected chi connectivity index (χ4v) is 1.76. The van der Waals surface area contributed by atoms with Gasteiger partial charge in [0.2, 0.25) is 5.96 Å². The number of aliphatic imine (C=N–C) groups is 1. The molecule has 0 aliphatic heterocycles. The van der Waals surface area contributed by atoms with Crippen molar-refractivity contribution in [3.05, 3.63) is 30.3 Å². The van der Waals surface area contributed by atoms with Crippen LogP contribution in [0.25, 0.3) is 0 Å². The number of nitrogens with two attached hydrogens (primary N) is 1. The highest BCUT2D eigenvalue weighted by Gasteiger charge is 2.00. The minimum absolute atomic E-state index is 0.532. The molecule has 0 bridgehead atoms. The second-order valence-electron chi connectivity index (χ2n) is 5.26. The van der Waals surface area contributed by atoms with Crippen molar-refractivity contribution < 1.29 is 0 Å². The largest absolute Gasteiger partial charge is 0.375 e. The standard InChI is InChI=1S/C15H27N5/c1-13(2)12-18-15(19-16)17-10-7-11-20(3)14-8-5-4-6-9-14/h4-6,8-9,13H,7,10-12,16H2,1-3H3,(H2,17,18,19). The molecule has 0 aliphatic carbocycles. The fraction of sp³-hybridized carbons (Fsp3) is 0.533. The Hall–Kier alpha value is -1.75. The van der Waals surface area contributed by atoms with Crippen LogP contribution in [0, 0.1) is 5.92 Å². The van der Waals surface area contributed by atoms with E-state index in [1.807, 2.05) is 6.07 Å². The molecule has 0 atom stereocenters. The monoisotopic (exact) mass is 277 g/mol. The van der Waals surface area contributed by atoms with E-state index in [0.29, 0.717) is 11.9 Å². The molecule has 0 spiro atoms. The van der Waals surface area contributed by atoms with Crippen LogP contribution < -0.4 is 21.5 Å². The van der Waals surface area contributed by atoms with Crippen molar-refractivity contribution >= 4 is 11.6 Å². The lowest BCUT2D eigenvalue weighted by Crippen LogP contribution is -2.42. The molecule has 0 amide bonds. The van der Waals surface area contributed by atoms with E-state index in [0.717, 1.165) is 26.1 Å². The van der Waals surface area contributed by atoms with Crippen molar-refractivity contribution in [3.8, 4) is 0 Å². The van der Waals surface area contributed by atoms with Crippen LogP contribution >= 0.6 is 0 Å². The first-order valence-electron chi connectivity index (χ1n) is 7.14. The minimum atomic E-state index is 0.532. The van der Waals surface area contributed by atoms with Gasteiger partial charge in [-0.25, -0.2) is 5.84 Å². The first-order valence-corrected chi connectivity index (χ1v) is 7.14. The van der Waals surface area contributed by atoms with Gasteiger partial charge in [0, 0.05) is 32.4 Å². The maximum absolute atomic E-state index is 5.44. The smallest absolute Gasteiger partial charge is 0.205 e. The third-order valence-electron chi connectivity index (χ3n) is 2.91. The highest BCUT2D eigenvalue weighted by molar-refractivity contribution is 5.79. The predicted molar refractivity (Wildman–Crippen MR) is 86.8 cm³/mol. The zero-order valence-electron chi connectivity index (χ0n) is 12.8. The van der Waals surface area contributed by atoms with Crippen LogP contribution in [0.2, 0.25) is 0 Å². The molecule has 0 aromatic heterocycles. The second-order valence-corrected chi connectivity index (χ2v) is 5.26. The molecule has 5 heteroatoms. The van der Waals surface area contributed by atoms with Gasteiger partial charge >= 0.3 is 0 Å². The van der Waals surface area contributed by atoms with Gasteiger partial charge in [-0.05, 0) is 24.5 Å². The Kier molecular flexibility index (Phi) is 7.50. The van der Waals surface area contributed by atoms with Crippen molar-refractivity contribution in [1.29, 1.82) is 0 Å². The summed E-state index contributed by atoms with van der Waals surface area (Å²) in [5.74, 6) is 6.64. The Morgan fingerprint density at radius 1 is 1.30 bits per heavy atom. The van der Waals surface area contributed by atoms with Crippen LogP contribution in [0.3, 0.4) is 0 Å². The Morgan fingerprint density at radius 2 is 2.00 bits per heavy atom. The molecule has 4 N–H and O–H groups in total. The lowest BCUT2D eigenvalue weighted by molar-refractivity contribution is 0.654. The Balaban J connectivity index is 2.25. The maximum atomic E-state index is 5.44. The quantitative estimate of drug-likeness (QED) is 0.233. The topological polar surface area (TPSA) is 65.7 Å². The highest BCUT2D eigenvalue weighted by atomic mass is 15.3. The summed E-state index contributed by atoms with van der Waals surface area (Å²) in [4.78, 5) is 6.61. The Morgan fingerprint density at radius 3 is 2.60 bits per heavy atom. The molecule has 1 aromatic carbocycles. The first-order chi connectivity index (χ1) is 9.63. The van der Waals surface area contributed by atoms with Gasteiger partial charge in [0.25, 0.3) is 0 Å². The van der Waals surface area contributed by atoms with Crippen molar-refractivity contribution in [1.82, 2.24) is 10.7 Å². The zero-order valence-corrected chi connectivity index (χ0v) is 12.8. The van der Waals surface area contributed by atoms with E-state index in [9.17, 15) is 0 Å². The number of benzene rings is 1. The predicted octanol–water partition coefficient (Wildman–Crippen LogP) is 1.58. The van der Waals surface area contributed by atoms with Gasteiger partial charge in [-0.1, -0.05) is 32.0 Å². The molecule has 0 radical (unpaired) electrons. The molecule has 0 unspecified atom stereocenters. The lowest BCUT2D eigenvalue weighted by Gasteiger charge is -2.19. The normalized spacial score (nSPS) is 11.6. The summed E-state index contributed by atoms with van der Waals surface area (Å²) in [7, 11) is 2.10. The summed E-state index contributed by atoms with van der Waals surface area (Å²) in [6, 6.07) is 10.4. The highest BCUT2D eigenvalue weighted by Crippen LogP contribution is 2.10. The fourth-order valence-electron chi connectivity index (χ4n) is 1.76. The van der Waals surface area contributed by atoms with Gasteiger partial charge in [0.05, 0.1) is 0 Å². The molecule has 0 saturated carbocycles.